The largest absolute Gasteiger partial charge is 0.340 e. The molecule has 2 saturated heterocycles. The van der Waals surface area contributed by atoms with E-state index >= 15 is 0 Å². The molecule has 4 aromatic carbocycles. The number of amides is 3. The quantitative estimate of drug-likeness (QED) is 0.0919. The smallest absolute Gasteiger partial charge is 0.250 e. The molecular weight excluding hydrogens is 859 g/mol. The second-order valence-corrected chi connectivity index (χ2v) is 19.8. The van der Waals surface area contributed by atoms with Crippen LogP contribution in [0.15, 0.2) is 122 Å². The minimum Gasteiger partial charge on any atom is -0.340 e. The van der Waals surface area contributed by atoms with Crippen molar-refractivity contribution in [2.24, 2.45) is 11.8 Å². The first-order chi connectivity index (χ1) is 32.2. The SMILES string of the molecule is CCC(CC)C(=O)C[C@H](C(=O)N1CCC[C@H]1c1ncc(-c2ccc(-c3ccc(-c4cnc([C@@H]5CCCN5C(=O)[C@H](NC(=O)C(CC)CC)c5ccccc5)s4)cc3)cc2)s1)c1ccccc1. The predicted molar refractivity (Wildman–Crippen MR) is 266 cm³/mol. The second kappa shape index (κ2) is 21.7. The van der Waals surface area contributed by atoms with E-state index in [0.717, 1.165) is 105 Å². The lowest BCUT2D eigenvalue weighted by atomic mass is 9.86. The summed E-state index contributed by atoms with van der Waals surface area (Å²) in [6.45, 7) is 9.40. The molecule has 3 amide bonds. The van der Waals surface area contributed by atoms with Crippen LogP contribution in [-0.2, 0) is 19.2 Å². The van der Waals surface area contributed by atoms with Gasteiger partial charge in [-0.05, 0) is 84.7 Å². The Morgan fingerprint density at radius 2 is 1.02 bits per heavy atom. The summed E-state index contributed by atoms with van der Waals surface area (Å²) in [5.74, 6) is -0.650. The minimum atomic E-state index is -0.748. The van der Waals surface area contributed by atoms with Gasteiger partial charge in [-0.25, -0.2) is 9.97 Å². The topological polar surface area (TPSA) is 113 Å². The number of nitrogens with zero attached hydrogens (tertiary/aromatic N) is 4. The molecule has 4 atom stereocenters. The third-order valence-corrected chi connectivity index (χ3v) is 16.0. The van der Waals surface area contributed by atoms with Crippen molar-refractivity contribution in [3.63, 3.8) is 0 Å². The maximum Gasteiger partial charge on any atom is 0.250 e. The number of likely N-dealkylation sites (tertiary alicyclic amines) is 2. The number of hydrogen-bond donors (Lipinski definition) is 1. The van der Waals surface area contributed by atoms with E-state index in [1.54, 1.807) is 22.7 Å². The van der Waals surface area contributed by atoms with Crippen LogP contribution in [0.25, 0.3) is 32.0 Å². The van der Waals surface area contributed by atoms with Gasteiger partial charge in [0.2, 0.25) is 17.7 Å². The molecule has 0 aliphatic carbocycles. The van der Waals surface area contributed by atoms with Crippen molar-refractivity contribution in [3.05, 3.63) is 143 Å². The first kappa shape index (κ1) is 46.7. The molecular formula is C55H61N5O4S2. The summed E-state index contributed by atoms with van der Waals surface area (Å²) in [7, 11) is 0. The van der Waals surface area contributed by atoms with Crippen LogP contribution in [0.4, 0.5) is 0 Å². The van der Waals surface area contributed by atoms with Gasteiger partial charge in [-0.15, -0.1) is 22.7 Å². The first-order valence-corrected chi connectivity index (χ1v) is 25.5. The molecule has 2 aromatic heterocycles. The van der Waals surface area contributed by atoms with E-state index in [9.17, 15) is 19.2 Å². The zero-order valence-corrected chi connectivity index (χ0v) is 40.2. The van der Waals surface area contributed by atoms with Crippen LogP contribution < -0.4 is 5.32 Å². The molecule has 2 aliphatic heterocycles. The highest BCUT2D eigenvalue weighted by molar-refractivity contribution is 7.15. The van der Waals surface area contributed by atoms with Gasteiger partial charge in [0.05, 0.1) is 27.8 Å². The number of hydrogen-bond acceptors (Lipinski definition) is 8. The standard InChI is InChI=1S/C55H61N5O4S2/c1-5-36(6-2)47(61)33-44(40-17-11-9-12-18-40)54(63)59-31-15-21-45(59)52-56-34-48(65-52)41-27-23-38(24-28-41)39-25-29-42(30-26-39)49-35-57-53(66-49)46-22-16-32-60(46)55(64)50(43-19-13-10-14-20-43)58-51(62)37(7-3)8-4/h9-14,17-20,23-30,34-37,44-46,50H,5-8,15-16,21-22,31-33H2,1-4H3,(H,58,62)/t44-,45-,46-,50+/m0/s1. The lowest BCUT2D eigenvalue weighted by Gasteiger charge is -2.29. The average Bonchev–Trinajstić information content (AvgIpc) is 4.22. The summed E-state index contributed by atoms with van der Waals surface area (Å²) in [5.41, 5.74) is 6.04. The molecule has 0 spiro atoms. The number of rotatable bonds is 18. The Hall–Kier alpha value is -5.78. The molecule has 2 aliphatic rings. The van der Waals surface area contributed by atoms with Crippen molar-refractivity contribution in [2.45, 2.75) is 110 Å². The Balaban J connectivity index is 0.926. The minimum absolute atomic E-state index is 0.0195. The zero-order chi connectivity index (χ0) is 46.2. The summed E-state index contributed by atoms with van der Waals surface area (Å²) >= 11 is 3.27. The van der Waals surface area contributed by atoms with Crippen molar-refractivity contribution in [2.75, 3.05) is 13.1 Å². The summed E-state index contributed by atoms with van der Waals surface area (Å²) < 4.78 is 0. The first-order valence-electron chi connectivity index (χ1n) is 23.9. The van der Waals surface area contributed by atoms with Gasteiger partial charge in [0.25, 0.3) is 0 Å². The van der Waals surface area contributed by atoms with E-state index in [-0.39, 0.29) is 53.8 Å². The fourth-order valence-corrected chi connectivity index (χ4v) is 11.9. The lowest BCUT2D eigenvalue weighted by molar-refractivity contribution is -0.138. The molecule has 8 rings (SSSR count). The molecule has 0 radical (unpaired) electrons. The number of nitrogens with one attached hydrogen (secondary N) is 1. The Morgan fingerprint density at radius 3 is 1.48 bits per heavy atom. The van der Waals surface area contributed by atoms with Gasteiger partial charge >= 0.3 is 0 Å². The Kier molecular flexibility index (Phi) is 15.4. The van der Waals surface area contributed by atoms with Crippen LogP contribution in [0, 0.1) is 11.8 Å². The summed E-state index contributed by atoms with van der Waals surface area (Å²) in [5, 5.41) is 4.95. The van der Waals surface area contributed by atoms with Gasteiger partial charge < -0.3 is 15.1 Å². The Labute approximate surface area is 397 Å². The highest BCUT2D eigenvalue weighted by atomic mass is 32.1. The van der Waals surface area contributed by atoms with Crippen LogP contribution in [0.1, 0.15) is 131 Å². The molecule has 1 N–H and O–H groups in total. The van der Waals surface area contributed by atoms with Crippen molar-refractivity contribution >= 4 is 46.2 Å². The van der Waals surface area contributed by atoms with E-state index in [1.807, 2.05) is 111 Å². The molecule has 9 nitrogen and oxygen atoms in total. The zero-order valence-electron chi connectivity index (χ0n) is 38.5. The van der Waals surface area contributed by atoms with Crippen LogP contribution in [0.3, 0.4) is 0 Å². The summed E-state index contributed by atoms with van der Waals surface area (Å²) in [4.78, 5) is 71.0. The van der Waals surface area contributed by atoms with Gasteiger partial charge in [-0.2, -0.15) is 0 Å². The number of aromatic nitrogens is 2. The summed E-state index contributed by atoms with van der Waals surface area (Å²) in [6, 6.07) is 35.5. The van der Waals surface area contributed by atoms with E-state index < -0.39 is 12.0 Å². The van der Waals surface area contributed by atoms with Crippen LogP contribution in [-0.4, -0.2) is 56.4 Å². The van der Waals surface area contributed by atoms with Gasteiger partial charge in [0.15, 0.2) is 0 Å². The molecule has 342 valence electrons. The highest BCUT2D eigenvalue weighted by Crippen LogP contribution is 2.42. The number of carbonyl (C=O) groups excluding carboxylic acids is 4. The van der Waals surface area contributed by atoms with Crippen molar-refractivity contribution in [3.8, 4) is 32.0 Å². The number of thiazole rings is 2. The van der Waals surface area contributed by atoms with E-state index in [2.05, 4.69) is 53.8 Å². The molecule has 2 fully saturated rings. The van der Waals surface area contributed by atoms with Crippen LogP contribution in [0.2, 0.25) is 0 Å². The van der Waals surface area contributed by atoms with Crippen LogP contribution in [0.5, 0.6) is 0 Å². The van der Waals surface area contributed by atoms with Gasteiger partial charge in [-0.1, -0.05) is 137 Å². The number of ketones is 1. The summed E-state index contributed by atoms with van der Waals surface area (Å²) in [6.07, 6.45) is 10.5. The third kappa shape index (κ3) is 10.3. The van der Waals surface area contributed by atoms with E-state index in [1.165, 1.54) is 0 Å². The van der Waals surface area contributed by atoms with Crippen molar-refractivity contribution < 1.29 is 19.2 Å². The van der Waals surface area contributed by atoms with Crippen molar-refractivity contribution in [1.82, 2.24) is 25.1 Å². The van der Waals surface area contributed by atoms with Crippen LogP contribution >= 0.6 is 22.7 Å². The Bertz CT molecular complexity index is 2390. The maximum atomic E-state index is 14.3. The normalized spacial score (nSPS) is 17.1. The molecule has 11 heteroatoms. The van der Waals surface area contributed by atoms with Crippen molar-refractivity contribution in [1.29, 1.82) is 0 Å². The number of carbonyl (C=O) groups is 4. The fraction of sp³-hybridized carbons (Fsp3) is 0.382. The van der Waals surface area contributed by atoms with E-state index in [4.69, 9.17) is 9.97 Å². The highest BCUT2D eigenvalue weighted by Gasteiger charge is 2.39. The maximum absolute atomic E-state index is 14.3. The lowest BCUT2D eigenvalue weighted by Crippen LogP contribution is -2.44. The van der Waals surface area contributed by atoms with Gasteiger partial charge in [0.1, 0.15) is 21.8 Å². The molecule has 0 unspecified atom stereocenters. The Morgan fingerprint density at radius 1 is 0.576 bits per heavy atom. The monoisotopic (exact) mass is 919 g/mol. The molecule has 6 aromatic rings. The van der Waals surface area contributed by atoms with Gasteiger partial charge in [-0.3, -0.25) is 19.2 Å². The third-order valence-electron chi connectivity index (χ3n) is 13.7. The second-order valence-electron chi connectivity index (χ2n) is 17.7. The fourth-order valence-electron chi connectivity index (χ4n) is 9.74. The predicted octanol–water partition coefficient (Wildman–Crippen LogP) is 12.4. The number of benzene rings is 4. The molecule has 0 bridgehead atoms. The molecule has 66 heavy (non-hydrogen) atoms. The van der Waals surface area contributed by atoms with Gasteiger partial charge in [0, 0.05) is 43.7 Å². The van der Waals surface area contributed by atoms with E-state index in [0.29, 0.717) is 13.1 Å². The number of Topliss-reactive ketones (excluding diaryl/α,β-unsaturated/α-hetero) is 1. The average molecular weight is 920 g/mol. The molecule has 4 heterocycles. The molecule has 0 saturated carbocycles.